The van der Waals surface area contributed by atoms with Crippen molar-refractivity contribution in [2.24, 2.45) is 5.92 Å². The molecule has 1 heterocycles. The molecular weight excluding hydrogens is 196 g/mol. The first-order valence-corrected chi connectivity index (χ1v) is 5.84. The third kappa shape index (κ3) is 2.72. The molecule has 1 aromatic carbocycles. The van der Waals surface area contributed by atoms with Crippen LogP contribution in [0.4, 0.5) is 0 Å². The first kappa shape index (κ1) is 10.9. The van der Waals surface area contributed by atoms with E-state index in [9.17, 15) is 0 Å². The predicted molar refractivity (Wildman–Crippen MR) is 66.7 cm³/mol. The van der Waals surface area contributed by atoms with Crippen molar-refractivity contribution in [3.05, 3.63) is 48.3 Å². The van der Waals surface area contributed by atoms with Crippen molar-refractivity contribution in [1.29, 1.82) is 0 Å². The maximum atomic E-state index is 4.21. The van der Waals surface area contributed by atoms with E-state index in [1.165, 1.54) is 12.0 Å². The molecule has 0 bridgehead atoms. The van der Waals surface area contributed by atoms with E-state index in [-0.39, 0.29) is 0 Å². The van der Waals surface area contributed by atoms with Crippen LogP contribution in [0.15, 0.2) is 42.7 Å². The average molecular weight is 214 g/mol. The van der Waals surface area contributed by atoms with Gasteiger partial charge in [-0.2, -0.15) is 5.10 Å². The minimum atomic E-state index is 0.769. The lowest BCUT2D eigenvalue weighted by molar-refractivity contribution is 0.586. The van der Waals surface area contributed by atoms with Crippen molar-refractivity contribution in [3.63, 3.8) is 0 Å². The number of aryl methyl sites for hydroxylation is 1. The van der Waals surface area contributed by atoms with Crippen molar-refractivity contribution in [1.82, 2.24) is 9.78 Å². The topological polar surface area (TPSA) is 17.8 Å². The highest BCUT2D eigenvalue weighted by Gasteiger charge is 1.98. The molecule has 16 heavy (non-hydrogen) atoms. The number of hydrogen-bond acceptors (Lipinski definition) is 1. The Kier molecular flexibility index (Phi) is 3.40. The van der Waals surface area contributed by atoms with Crippen LogP contribution in [0.3, 0.4) is 0 Å². The summed E-state index contributed by atoms with van der Waals surface area (Å²) in [6.07, 6.45) is 6.17. The van der Waals surface area contributed by atoms with Gasteiger partial charge in [0, 0.05) is 12.4 Å². The summed E-state index contributed by atoms with van der Waals surface area (Å²) in [6.45, 7) is 4.52. The van der Waals surface area contributed by atoms with Gasteiger partial charge in [-0.3, -0.25) is 0 Å². The van der Waals surface area contributed by atoms with E-state index in [0.29, 0.717) is 0 Å². The van der Waals surface area contributed by atoms with Gasteiger partial charge in [-0.1, -0.05) is 26.0 Å². The monoisotopic (exact) mass is 214 g/mol. The van der Waals surface area contributed by atoms with Gasteiger partial charge in [0.2, 0.25) is 0 Å². The van der Waals surface area contributed by atoms with Gasteiger partial charge in [0.1, 0.15) is 0 Å². The smallest absolute Gasteiger partial charge is 0.0645 e. The zero-order valence-corrected chi connectivity index (χ0v) is 9.93. The molecule has 2 aromatic rings. The largest absolute Gasteiger partial charge is 0.241 e. The number of nitrogens with zero attached hydrogens (tertiary/aromatic N) is 2. The minimum absolute atomic E-state index is 0.769. The number of hydrogen-bond donors (Lipinski definition) is 0. The molecule has 2 rings (SSSR count). The fourth-order valence-electron chi connectivity index (χ4n) is 1.69. The van der Waals surface area contributed by atoms with E-state index in [1.807, 2.05) is 16.9 Å². The first-order valence-electron chi connectivity index (χ1n) is 5.84. The van der Waals surface area contributed by atoms with E-state index in [2.05, 4.69) is 43.2 Å². The first-order chi connectivity index (χ1) is 7.75. The fraction of sp³-hybridized carbons (Fsp3) is 0.357. The van der Waals surface area contributed by atoms with E-state index in [1.54, 1.807) is 6.20 Å². The van der Waals surface area contributed by atoms with E-state index in [0.717, 1.165) is 18.0 Å². The van der Waals surface area contributed by atoms with Gasteiger partial charge in [-0.25, -0.2) is 4.68 Å². The Morgan fingerprint density at radius 3 is 2.50 bits per heavy atom. The summed E-state index contributed by atoms with van der Waals surface area (Å²) < 4.78 is 1.88. The minimum Gasteiger partial charge on any atom is -0.241 e. The molecule has 0 aliphatic rings. The molecule has 1 aromatic heterocycles. The summed E-state index contributed by atoms with van der Waals surface area (Å²) in [4.78, 5) is 0. The molecule has 0 unspecified atom stereocenters. The van der Waals surface area contributed by atoms with Crippen LogP contribution in [0.5, 0.6) is 0 Å². The fourth-order valence-corrected chi connectivity index (χ4v) is 1.69. The molecule has 0 aliphatic heterocycles. The molecule has 0 radical (unpaired) electrons. The molecule has 2 heteroatoms. The van der Waals surface area contributed by atoms with Gasteiger partial charge in [0.15, 0.2) is 0 Å². The molecule has 0 fully saturated rings. The summed E-state index contributed by atoms with van der Waals surface area (Å²) in [6, 6.07) is 10.6. The predicted octanol–water partition coefficient (Wildman–Crippen LogP) is 3.46. The summed E-state index contributed by atoms with van der Waals surface area (Å²) in [5.41, 5.74) is 2.53. The van der Waals surface area contributed by atoms with Crippen molar-refractivity contribution < 1.29 is 0 Å². The Hall–Kier alpha value is -1.57. The molecule has 0 atom stereocenters. The van der Waals surface area contributed by atoms with Crippen LogP contribution in [0.2, 0.25) is 0 Å². The summed E-state index contributed by atoms with van der Waals surface area (Å²) in [7, 11) is 0. The van der Waals surface area contributed by atoms with Crippen LogP contribution < -0.4 is 0 Å². The summed E-state index contributed by atoms with van der Waals surface area (Å²) in [5, 5.41) is 4.21. The second-order valence-electron chi connectivity index (χ2n) is 4.55. The second-order valence-corrected chi connectivity index (χ2v) is 4.55. The molecule has 0 spiro atoms. The van der Waals surface area contributed by atoms with Crippen LogP contribution >= 0.6 is 0 Å². The highest BCUT2D eigenvalue weighted by Crippen LogP contribution is 2.12. The molecule has 2 nitrogen and oxygen atoms in total. The zero-order valence-electron chi connectivity index (χ0n) is 9.93. The Morgan fingerprint density at radius 2 is 1.94 bits per heavy atom. The molecular formula is C14H18N2. The van der Waals surface area contributed by atoms with Crippen molar-refractivity contribution in [3.8, 4) is 5.69 Å². The van der Waals surface area contributed by atoms with Crippen molar-refractivity contribution in [2.75, 3.05) is 0 Å². The van der Waals surface area contributed by atoms with Crippen LogP contribution in [0.1, 0.15) is 25.8 Å². The lowest BCUT2D eigenvalue weighted by Crippen LogP contribution is -1.95. The normalized spacial score (nSPS) is 10.9. The quantitative estimate of drug-likeness (QED) is 0.762. The standard InChI is InChI=1S/C14H18N2/c1-12(2)4-5-13-6-8-14(9-7-13)16-11-3-10-15-16/h3,6-12H,4-5H2,1-2H3. The highest BCUT2D eigenvalue weighted by molar-refractivity contribution is 5.33. The zero-order chi connectivity index (χ0) is 11.4. The third-order valence-electron chi connectivity index (χ3n) is 2.72. The van der Waals surface area contributed by atoms with Crippen molar-refractivity contribution in [2.45, 2.75) is 26.7 Å². The van der Waals surface area contributed by atoms with Crippen molar-refractivity contribution >= 4 is 0 Å². The van der Waals surface area contributed by atoms with Gasteiger partial charge < -0.3 is 0 Å². The van der Waals surface area contributed by atoms with Crippen LogP contribution in [-0.4, -0.2) is 9.78 Å². The second kappa shape index (κ2) is 4.97. The third-order valence-corrected chi connectivity index (χ3v) is 2.72. The maximum Gasteiger partial charge on any atom is 0.0645 e. The Balaban J connectivity index is 2.05. The Labute approximate surface area is 96.9 Å². The lowest BCUT2D eigenvalue weighted by atomic mass is 10.0. The highest BCUT2D eigenvalue weighted by atomic mass is 15.3. The van der Waals surface area contributed by atoms with E-state index < -0.39 is 0 Å². The molecule has 0 amide bonds. The van der Waals surface area contributed by atoms with E-state index in [4.69, 9.17) is 0 Å². The average Bonchev–Trinajstić information content (AvgIpc) is 2.80. The van der Waals surface area contributed by atoms with E-state index >= 15 is 0 Å². The van der Waals surface area contributed by atoms with Gasteiger partial charge in [-0.15, -0.1) is 0 Å². The van der Waals surface area contributed by atoms with Gasteiger partial charge >= 0.3 is 0 Å². The maximum absolute atomic E-state index is 4.21. The molecule has 0 saturated carbocycles. The Bertz CT molecular complexity index is 413. The number of benzene rings is 1. The lowest BCUT2D eigenvalue weighted by Gasteiger charge is -2.06. The van der Waals surface area contributed by atoms with Crippen LogP contribution in [-0.2, 0) is 6.42 Å². The van der Waals surface area contributed by atoms with Gasteiger partial charge in [0.05, 0.1) is 5.69 Å². The van der Waals surface area contributed by atoms with Gasteiger partial charge in [-0.05, 0) is 42.5 Å². The SMILES string of the molecule is CC(C)CCc1ccc(-n2cccn2)cc1. The summed E-state index contributed by atoms with van der Waals surface area (Å²) in [5.74, 6) is 0.769. The number of rotatable bonds is 4. The number of aromatic nitrogens is 2. The van der Waals surface area contributed by atoms with Crippen LogP contribution in [0, 0.1) is 5.92 Å². The van der Waals surface area contributed by atoms with Crippen LogP contribution in [0.25, 0.3) is 5.69 Å². The molecule has 0 saturated heterocycles. The molecule has 84 valence electrons. The molecule has 0 aliphatic carbocycles. The van der Waals surface area contributed by atoms with Gasteiger partial charge in [0.25, 0.3) is 0 Å². The molecule has 0 N–H and O–H groups in total. The summed E-state index contributed by atoms with van der Waals surface area (Å²) >= 11 is 0. The Morgan fingerprint density at radius 1 is 1.19 bits per heavy atom.